The second kappa shape index (κ2) is 11.2. The molecule has 0 aliphatic carbocycles. The lowest BCUT2D eigenvalue weighted by atomic mass is 9.78. The molecule has 0 aromatic heterocycles. The van der Waals surface area contributed by atoms with E-state index in [0.717, 1.165) is 25.2 Å². The molecule has 138 valence electrons. The molecule has 4 heteroatoms. The smallest absolute Gasteiger partial charge is 0.303 e. The highest BCUT2D eigenvalue weighted by molar-refractivity contribution is 7.99. The number of hydrogen-bond donors (Lipinski definition) is 1. The molecule has 0 saturated carbocycles. The summed E-state index contributed by atoms with van der Waals surface area (Å²) in [5.41, 5.74) is 0. The van der Waals surface area contributed by atoms with Crippen molar-refractivity contribution in [1.82, 2.24) is 0 Å². The third-order valence-electron chi connectivity index (χ3n) is 5.38. The maximum Gasteiger partial charge on any atom is 0.303 e. The molecular formula is C20H34O3S. The van der Waals surface area contributed by atoms with Crippen LogP contribution in [0.5, 0.6) is 0 Å². The largest absolute Gasteiger partial charge is 0.481 e. The summed E-state index contributed by atoms with van der Waals surface area (Å²) in [4.78, 5) is 10.5. The van der Waals surface area contributed by atoms with Crippen molar-refractivity contribution < 1.29 is 14.6 Å². The van der Waals surface area contributed by atoms with E-state index in [2.05, 4.69) is 30.8 Å². The Morgan fingerprint density at radius 1 is 1.12 bits per heavy atom. The average molecular weight is 355 g/mol. The quantitative estimate of drug-likeness (QED) is 0.360. The number of carboxylic acid groups (broad SMARTS) is 1. The third kappa shape index (κ3) is 6.44. The summed E-state index contributed by atoms with van der Waals surface area (Å²) in [6.07, 6.45) is 16.3. The van der Waals surface area contributed by atoms with Gasteiger partial charge in [-0.3, -0.25) is 4.79 Å². The fraction of sp³-hybridized carbons (Fsp3) is 0.850. The molecule has 4 unspecified atom stereocenters. The summed E-state index contributed by atoms with van der Waals surface area (Å²) in [7, 11) is 0. The predicted molar refractivity (Wildman–Crippen MR) is 102 cm³/mol. The summed E-state index contributed by atoms with van der Waals surface area (Å²) < 4.78 is 6.18. The topological polar surface area (TPSA) is 46.5 Å². The molecule has 0 spiro atoms. The fourth-order valence-electron chi connectivity index (χ4n) is 4.02. The van der Waals surface area contributed by atoms with Gasteiger partial charge in [0.05, 0.1) is 12.2 Å². The van der Waals surface area contributed by atoms with E-state index in [9.17, 15) is 4.79 Å². The number of thioether (sulfide) groups is 1. The minimum Gasteiger partial charge on any atom is -0.481 e. The molecule has 1 N–H and O–H groups in total. The molecule has 2 rings (SSSR count). The van der Waals surface area contributed by atoms with Crippen molar-refractivity contribution in [2.45, 2.75) is 83.3 Å². The van der Waals surface area contributed by atoms with Crippen LogP contribution in [0.15, 0.2) is 12.2 Å². The highest BCUT2D eigenvalue weighted by atomic mass is 32.2. The van der Waals surface area contributed by atoms with E-state index in [0.29, 0.717) is 18.1 Å². The predicted octanol–water partition coefficient (Wildman–Crippen LogP) is 5.29. The summed E-state index contributed by atoms with van der Waals surface area (Å²) in [5, 5.41) is 8.66. The molecule has 0 aromatic carbocycles. The van der Waals surface area contributed by atoms with Gasteiger partial charge in [-0.25, -0.2) is 0 Å². The highest BCUT2D eigenvalue weighted by Crippen LogP contribution is 2.46. The van der Waals surface area contributed by atoms with Crippen LogP contribution in [-0.4, -0.2) is 34.8 Å². The van der Waals surface area contributed by atoms with Gasteiger partial charge in [0.2, 0.25) is 0 Å². The molecule has 24 heavy (non-hydrogen) atoms. The van der Waals surface area contributed by atoms with E-state index in [1.165, 1.54) is 50.0 Å². The normalized spacial score (nSPS) is 28.9. The number of unbranched alkanes of at least 4 members (excludes halogenated alkanes) is 4. The Morgan fingerprint density at radius 2 is 1.92 bits per heavy atom. The molecule has 2 saturated heterocycles. The molecule has 2 bridgehead atoms. The number of allylic oxidation sites excluding steroid dienone is 2. The zero-order valence-electron chi connectivity index (χ0n) is 15.1. The van der Waals surface area contributed by atoms with Crippen LogP contribution in [0.2, 0.25) is 0 Å². The van der Waals surface area contributed by atoms with Crippen LogP contribution in [0.3, 0.4) is 0 Å². The Morgan fingerprint density at radius 3 is 2.67 bits per heavy atom. The Labute approximate surface area is 151 Å². The molecule has 0 radical (unpaired) electrons. The maximum atomic E-state index is 10.5. The third-order valence-corrected chi connectivity index (χ3v) is 6.58. The van der Waals surface area contributed by atoms with Crippen LogP contribution in [0.1, 0.15) is 71.1 Å². The number of carboxylic acids is 1. The van der Waals surface area contributed by atoms with Crippen molar-refractivity contribution in [3.63, 3.8) is 0 Å². The number of aliphatic carboxylic acids is 1. The zero-order valence-corrected chi connectivity index (χ0v) is 15.9. The van der Waals surface area contributed by atoms with E-state index in [-0.39, 0.29) is 6.42 Å². The van der Waals surface area contributed by atoms with Crippen LogP contribution in [0, 0.1) is 11.8 Å². The van der Waals surface area contributed by atoms with Gasteiger partial charge in [0.25, 0.3) is 0 Å². The first-order chi connectivity index (χ1) is 11.7. The standard InChI is InChI=1S/C20H34O3S/c1-2-3-4-9-14-24-15-17-16(18-12-13-19(17)23-18)10-7-5-6-8-11-20(21)22/h5,7,16-19H,2-4,6,8-15H2,1H3,(H,21,22)/b7-5-. The monoisotopic (exact) mass is 354 g/mol. The van der Waals surface area contributed by atoms with E-state index < -0.39 is 5.97 Å². The Bertz CT molecular complexity index is 396. The molecule has 3 nitrogen and oxygen atoms in total. The van der Waals surface area contributed by atoms with Crippen LogP contribution in [0.25, 0.3) is 0 Å². The van der Waals surface area contributed by atoms with Gasteiger partial charge in [-0.05, 0) is 61.9 Å². The van der Waals surface area contributed by atoms with Crippen molar-refractivity contribution in [3.8, 4) is 0 Å². The van der Waals surface area contributed by atoms with Crippen molar-refractivity contribution >= 4 is 17.7 Å². The van der Waals surface area contributed by atoms with E-state index >= 15 is 0 Å². The van der Waals surface area contributed by atoms with Gasteiger partial charge in [-0.15, -0.1) is 0 Å². The Hall–Kier alpha value is -0.480. The maximum absolute atomic E-state index is 10.5. The van der Waals surface area contributed by atoms with Crippen LogP contribution < -0.4 is 0 Å². The average Bonchev–Trinajstić information content (AvgIpc) is 3.15. The lowest BCUT2D eigenvalue weighted by molar-refractivity contribution is -0.137. The number of ether oxygens (including phenoxy) is 1. The van der Waals surface area contributed by atoms with Crippen molar-refractivity contribution in [2.75, 3.05) is 11.5 Å². The molecule has 2 heterocycles. The first kappa shape index (κ1) is 19.8. The summed E-state index contributed by atoms with van der Waals surface area (Å²) in [6, 6.07) is 0. The van der Waals surface area contributed by atoms with E-state index in [1.807, 2.05) is 0 Å². The summed E-state index contributed by atoms with van der Waals surface area (Å²) in [5.74, 6) is 3.27. The minimum atomic E-state index is -0.694. The van der Waals surface area contributed by atoms with Crippen LogP contribution in [0.4, 0.5) is 0 Å². The van der Waals surface area contributed by atoms with Gasteiger partial charge in [0, 0.05) is 6.42 Å². The number of hydrogen-bond acceptors (Lipinski definition) is 3. The van der Waals surface area contributed by atoms with Gasteiger partial charge in [-0.1, -0.05) is 38.3 Å². The van der Waals surface area contributed by atoms with Gasteiger partial charge in [-0.2, -0.15) is 11.8 Å². The van der Waals surface area contributed by atoms with E-state index in [1.54, 1.807) is 0 Å². The summed E-state index contributed by atoms with van der Waals surface area (Å²) in [6.45, 7) is 2.26. The molecule has 0 aromatic rings. The SMILES string of the molecule is CCCCCCSCC1C2CCC(O2)C1C/C=C\CCCC(=O)O. The Kier molecular flexibility index (Phi) is 9.26. The van der Waals surface area contributed by atoms with Gasteiger partial charge in [0.1, 0.15) is 0 Å². The molecular weight excluding hydrogens is 320 g/mol. The number of fused-ring (bicyclic) bond motifs is 2. The fourth-order valence-corrected chi connectivity index (χ4v) is 5.33. The molecule has 2 fully saturated rings. The highest BCUT2D eigenvalue weighted by Gasteiger charge is 2.47. The van der Waals surface area contributed by atoms with Crippen LogP contribution in [-0.2, 0) is 9.53 Å². The second-order valence-electron chi connectivity index (χ2n) is 7.25. The number of rotatable bonds is 13. The van der Waals surface area contributed by atoms with Crippen molar-refractivity contribution in [1.29, 1.82) is 0 Å². The lowest BCUT2D eigenvalue weighted by Gasteiger charge is -2.27. The van der Waals surface area contributed by atoms with Crippen molar-refractivity contribution in [2.24, 2.45) is 11.8 Å². The molecule has 2 aliphatic rings. The van der Waals surface area contributed by atoms with E-state index in [4.69, 9.17) is 9.84 Å². The van der Waals surface area contributed by atoms with Gasteiger partial charge in [0.15, 0.2) is 0 Å². The van der Waals surface area contributed by atoms with Crippen LogP contribution >= 0.6 is 11.8 Å². The Balaban J connectivity index is 1.65. The molecule has 4 atom stereocenters. The summed E-state index contributed by atoms with van der Waals surface area (Å²) >= 11 is 2.13. The van der Waals surface area contributed by atoms with Crippen molar-refractivity contribution in [3.05, 3.63) is 12.2 Å². The first-order valence-electron chi connectivity index (χ1n) is 9.82. The van der Waals surface area contributed by atoms with Gasteiger partial charge >= 0.3 is 5.97 Å². The molecule has 2 aliphatic heterocycles. The molecule has 0 amide bonds. The minimum absolute atomic E-state index is 0.277. The number of carbonyl (C=O) groups is 1. The lowest BCUT2D eigenvalue weighted by Crippen LogP contribution is -2.28. The zero-order chi connectivity index (χ0) is 17.2. The van der Waals surface area contributed by atoms with Gasteiger partial charge < -0.3 is 9.84 Å². The first-order valence-corrected chi connectivity index (χ1v) is 11.0. The second-order valence-corrected chi connectivity index (χ2v) is 8.40.